The van der Waals surface area contributed by atoms with Crippen LogP contribution in [0, 0.1) is 0 Å². The van der Waals surface area contributed by atoms with Gasteiger partial charge in [-0.1, -0.05) is 12.1 Å². The molecule has 0 saturated carbocycles. The molecule has 2 rings (SSSR count). The third-order valence-electron chi connectivity index (χ3n) is 3.05. The number of nitrogens with one attached hydrogen (secondary N) is 1. The molecular weight excluding hydrogens is 288 g/mol. The van der Waals surface area contributed by atoms with Crippen molar-refractivity contribution in [1.29, 1.82) is 0 Å². The number of aromatic nitrogens is 2. The van der Waals surface area contributed by atoms with Crippen molar-refractivity contribution in [2.75, 3.05) is 21.3 Å². The number of benzene rings is 1. The minimum Gasteiger partial charge on any atom is -0.497 e. The fourth-order valence-corrected chi connectivity index (χ4v) is 1.94. The van der Waals surface area contributed by atoms with Crippen LogP contribution in [0.15, 0.2) is 24.3 Å². The Morgan fingerprint density at radius 1 is 1.05 bits per heavy atom. The fraction of sp³-hybridized carbons (Fsp3) is 0.267. The predicted octanol–water partition coefficient (Wildman–Crippen LogP) is 1.58. The fourth-order valence-electron chi connectivity index (χ4n) is 1.94. The van der Waals surface area contributed by atoms with Gasteiger partial charge in [0.05, 0.1) is 21.3 Å². The molecule has 0 bridgehead atoms. The van der Waals surface area contributed by atoms with Gasteiger partial charge in [-0.15, -0.1) is 0 Å². The number of carbonyl (C=O) groups is 2. The molecule has 1 N–H and O–H groups in total. The van der Waals surface area contributed by atoms with E-state index in [0.29, 0.717) is 12.2 Å². The molecule has 22 heavy (non-hydrogen) atoms. The lowest BCUT2D eigenvalue weighted by molar-refractivity contribution is 0.0548. The van der Waals surface area contributed by atoms with Crippen LogP contribution < -0.4 is 4.74 Å². The summed E-state index contributed by atoms with van der Waals surface area (Å²) in [5.41, 5.74) is 0.845. The summed E-state index contributed by atoms with van der Waals surface area (Å²) in [6.07, 6.45) is 0.422. The second-order valence-corrected chi connectivity index (χ2v) is 4.42. The van der Waals surface area contributed by atoms with E-state index >= 15 is 0 Å². The van der Waals surface area contributed by atoms with Gasteiger partial charge in [0.1, 0.15) is 11.6 Å². The average molecular weight is 304 g/mol. The van der Waals surface area contributed by atoms with Crippen molar-refractivity contribution in [3.63, 3.8) is 0 Å². The van der Waals surface area contributed by atoms with E-state index in [-0.39, 0.29) is 11.4 Å². The minimum atomic E-state index is -0.697. The molecule has 0 aliphatic rings. The number of rotatable bonds is 5. The number of aromatic amines is 1. The zero-order valence-corrected chi connectivity index (χ0v) is 12.5. The largest absolute Gasteiger partial charge is 0.497 e. The van der Waals surface area contributed by atoms with Crippen LogP contribution in [0.1, 0.15) is 32.4 Å². The van der Waals surface area contributed by atoms with E-state index in [1.54, 1.807) is 7.11 Å². The number of imidazole rings is 1. The smallest absolute Gasteiger partial charge is 0.359 e. The summed E-state index contributed by atoms with van der Waals surface area (Å²) in [4.78, 5) is 30.3. The molecule has 7 heteroatoms. The summed E-state index contributed by atoms with van der Waals surface area (Å²) in [5, 5.41) is 0. The quantitative estimate of drug-likeness (QED) is 0.843. The molecule has 0 amide bonds. The number of hydrogen-bond donors (Lipinski definition) is 1. The summed E-state index contributed by atoms with van der Waals surface area (Å²) in [6, 6.07) is 7.38. The molecule has 0 saturated heterocycles. The zero-order chi connectivity index (χ0) is 16.1. The highest BCUT2D eigenvalue weighted by atomic mass is 16.5. The molecule has 0 atom stereocenters. The molecule has 0 aliphatic carbocycles. The molecule has 0 spiro atoms. The first-order valence-corrected chi connectivity index (χ1v) is 6.47. The van der Waals surface area contributed by atoms with Crippen molar-refractivity contribution in [1.82, 2.24) is 9.97 Å². The van der Waals surface area contributed by atoms with Gasteiger partial charge in [0.2, 0.25) is 0 Å². The van der Waals surface area contributed by atoms with Crippen molar-refractivity contribution in [3.05, 3.63) is 47.0 Å². The lowest BCUT2D eigenvalue weighted by atomic mass is 10.1. The lowest BCUT2D eigenvalue weighted by Crippen LogP contribution is -2.11. The van der Waals surface area contributed by atoms with Gasteiger partial charge in [-0.05, 0) is 17.7 Å². The van der Waals surface area contributed by atoms with Crippen molar-refractivity contribution >= 4 is 11.9 Å². The first kappa shape index (κ1) is 15.6. The van der Waals surface area contributed by atoms with Gasteiger partial charge >= 0.3 is 11.9 Å². The maximum Gasteiger partial charge on any atom is 0.359 e. The van der Waals surface area contributed by atoms with Crippen LogP contribution in [0.4, 0.5) is 0 Å². The maximum absolute atomic E-state index is 11.7. The highest BCUT2D eigenvalue weighted by Crippen LogP contribution is 2.16. The summed E-state index contributed by atoms with van der Waals surface area (Å²) >= 11 is 0. The normalized spacial score (nSPS) is 10.1. The van der Waals surface area contributed by atoms with Crippen molar-refractivity contribution in [2.45, 2.75) is 6.42 Å². The highest BCUT2D eigenvalue weighted by molar-refractivity contribution is 6.00. The Hall–Kier alpha value is -2.83. The monoisotopic (exact) mass is 304 g/mol. The second-order valence-electron chi connectivity index (χ2n) is 4.42. The molecule has 1 aromatic carbocycles. The number of methoxy groups -OCH3 is 3. The van der Waals surface area contributed by atoms with Gasteiger partial charge < -0.3 is 19.2 Å². The minimum absolute atomic E-state index is 0.0159. The second kappa shape index (κ2) is 6.75. The Morgan fingerprint density at radius 3 is 2.23 bits per heavy atom. The van der Waals surface area contributed by atoms with Crippen LogP contribution in [-0.4, -0.2) is 43.2 Å². The molecule has 1 heterocycles. The van der Waals surface area contributed by atoms with Crippen molar-refractivity contribution < 1.29 is 23.8 Å². The molecule has 2 aromatic rings. The van der Waals surface area contributed by atoms with Gasteiger partial charge in [-0.25, -0.2) is 14.6 Å². The van der Waals surface area contributed by atoms with E-state index in [4.69, 9.17) is 4.74 Å². The summed E-state index contributed by atoms with van der Waals surface area (Å²) in [5.74, 6) is -0.161. The standard InChI is InChI=1S/C15H16N2O5/c1-20-10-6-4-9(5-7-10)8-11-16-12(14(18)21-2)13(17-11)15(19)22-3/h4-7H,8H2,1-3H3,(H,16,17). The SMILES string of the molecule is COC(=O)c1nc(Cc2ccc(OC)cc2)[nH]c1C(=O)OC. The number of hydrogen-bond acceptors (Lipinski definition) is 6. The van der Waals surface area contributed by atoms with Crippen LogP contribution in [0.2, 0.25) is 0 Å². The Morgan fingerprint density at radius 2 is 1.68 bits per heavy atom. The van der Waals surface area contributed by atoms with Gasteiger partial charge in [-0.3, -0.25) is 0 Å². The third kappa shape index (κ3) is 3.25. The lowest BCUT2D eigenvalue weighted by Gasteiger charge is -2.01. The molecule has 116 valence electrons. The number of nitrogens with zero attached hydrogens (tertiary/aromatic N) is 1. The van der Waals surface area contributed by atoms with E-state index in [2.05, 4.69) is 19.4 Å². The molecule has 7 nitrogen and oxygen atoms in total. The summed E-state index contributed by atoms with van der Waals surface area (Å²) < 4.78 is 14.3. The Bertz CT molecular complexity index is 642. The predicted molar refractivity (Wildman–Crippen MR) is 77.1 cm³/mol. The molecule has 0 radical (unpaired) electrons. The number of esters is 2. The Kier molecular flexibility index (Phi) is 4.77. The van der Waals surface area contributed by atoms with Gasteiger partial charge in [-0.2, -0.15) is 0 Å². The molecule has 0 unspecified atom stereocenters. The summed E-state index contributed by atoms with van der Waals surface area (Å²) in [6.45, 7) is 0. The van der Waals surface area contributed by atoms with Crippen molar-refractivity contribution in [3.8, 4) is 5.75 Å². The van der Waals surface area contributed by atoms with E-state index in [0.717, 1.165) is 11.3 Å². The molecule has 0 fully saturated rings. The van der Waals surface area contributed by atoms with E-state index in [1.807, 2.05) is 24.3 Å². The van der Waals surface area contributed by atoms with Gasteiger partial charge in [0, 0.05) is 6.42 Å². The van der Waals surface area contributed by atoms with E-state index < -0.39 is 11.9 Å². The zero-order valence-electron chi connectivity index (χ0n) is 12.5. The first-order chi connectivity index (χ1) is 10.6. The maximum atomic E-state index is 11.7. The topological polar surface area (TPSA) is 90.5 Å². The summed E-state index contributed by atoms with van der Waals surface area (Å²) in [7, 11) is 4.04. The van der Waals surface area contributed by atoms with Crippen molar-refractivity contribution in [2.24, 2.45) is 0 Å². The van der Waals surface area contributed by atoms with Gasteiger partial charge in [0.25, 0.3) is 0 Å². The third-order valence-corrected chi connectivity index (χ3v) is 3.05. The van der Waals surface area contributed by atoms with Gasteiger partial charge in [0.15, 0.2) is 11.4 Å². The first-order valence-electron chi connectivity index (χ1n) is 6.47. The Labute approximate surface area is 127 Å². The van der Waals surface area contributed by atoms with E-state index in [9.17, 15) is 9.59 Å². The molecular formula is C15H16N2O5. The van der Waals surface area contributed by atoms with Crippen LogP contribution in [-0.2, 0) is 15.9 Å². The van der Waals surface area contributed by atoms with E-state index in [1.165, 1.54) is 14.2 Å². The molecule has 1 aromatic heterocycles. The Balaban J connectivity index is 2.29. The number of ether oxygens (including phenoxy) is 3. The number of H-pyrrole nitrogens is 1. The number of carbonyl (C=O) groups excluding carboxylic acids is 2. The van der Waals surface area contributed by atoms with Crippen LogP contribution >= 0.6 is 0 Å². The highest BCUT2D eigenvalue weighted by Gasteiger charge is 2.24. The van der Waals surface area contributed by atoms with Crippen LogP contribution in [0.5, 0.6) is 5.75 Å². The molecule has 0 aliphatic heterocycles. The average Bonchev–Trinajstić information content (AvgIpc) is 2.98. The van der Waals surface area contributed by atoms with Crippen LogP contribution in [0.25, 0.3) is 0 Å². The van der Waals surface area contributed by atoms with Crippen LogP contribution in [0.3, 0.4) is 0 Å².